The van der Waals surface area contributed by atoms with Crippen LogP contribution in [0.25, 0.3) is 0 Å². The highest BCUT2D eigenvalue weighted by atomic mass is 28.3. The standard InChI is InChI=1S/C23H43N3O4Si/c1-8-14-20(27)26-19(15-10-12-17-25-22(29)30-23(2,3)4)21(28)24-16-11-9-13-18-31(5,6)7/h19H,8-12,14-17H2,1-7H3,(H,24,28)(H,25,29)(H,26,27)/t19-/m0/s1. The van der Waals surface area contributed by atoms with Crippen LogP contribution in [0.2, 0.25) is 19.6 Å². The number of alkyl carbamates (subject to hydrolysis) is 1. The Balaban J connectivity index is 4.41. The van der Waals surface area contributed by atoms with Gasteiger partial charge in [0.15, 0.2) is 0 Å². The van der Waals surface area contributed by atoms with Crippen molar-refractivity contribution in [3.63, 3.8) is 0 Å². The maximum atomic E-state index is 12.6. The van der Waals surface area contributed by atoms with Crippen molar-refractivity contribution < 1.29 is 19.1 Å². The summed E-state index contributed by atoms with van der Waals surface area (Å²) in [5, 5.41) is 8.46. The highest BCUT2D eigenvalue weighted by Crippen LogP contribution is 2.07. The van der Waals surface area contributed by atoms with Gasteiger partial charge in [-0.2, -0.15) is 0 Å². The Kier molecular flexibility index (Phi) is 13.9. The number of hydrogen-bond acceptors (Lipinski definition) is 4. The largest absolute Gasteiger partial charge is 0.444 e. The van der Waals surface area contributed by atoms with Crippen molar-refractivity contribution in [1.29, 1.82) is 0 Å². The van der Waals surface area contributed by atoms with E-state index in [2.05, 4.69) is 47.1 Å². The lowest BCUT2D eigenvalue weighted by Gasteiger charge is -2.20. The fourth-order valence-corrected chi connectivity index (χ4v) is 3.24. The van der Waals surface area contributed by atoms with E-state index in [0.717, 1.165) is 19.3 Å². The molecule has 178 valence electrons. The first kappa shape index (κ1) is 29.0. The molecule has 0 heterocycles. The smallest absolute Gasteiger partial charge is 0.407 e. The van der Waals surface area contributed by atoms with Crippen molar-refractivity contribution in [3.8, 4) is 11.5 Å². The van der Waals surface area contributed by atoms with Gasteiger partial charge in [0.1, 0.15) is 19.7 Å². The molecular formula is C23H43N3O4Si. The summed E-state index contributed by atoms with van der Waals surface area (Å²) in [6.07, 6.45) is 4.14. The molecule has 0 bridgehead atoms. The Morgan fingerprint density at radius 1 is 1.00 bits per heavy atom. The molecule has 0 fully saturated rings. The van der Waals surface area contributed by atoms with Crippen LogP contribution in [-0.4, -0.2) is 50.7 Å². The minimum Gasteiger partial charge on any atom is -0.444 e. The minimum atomic E-state index is -1.35. The molecular weight excluding hydrogens is 410 g/mol. The van der Waals surface area contributed by atoms with Gasteiger partial charge in [-0.05, 0) is 52.9 Å². The Bertz CT molecular complexity index is 627. The van der Waals surface area contributed by atoms with Gasteiger partial charge in [-0.1, -0.05) is 26.6 Å². The molecule has 0 aliphatic rings. The molecule has 1 atom stereocenters. The first-order valence-electron chi connectivity index (χ1n) is 11.4. The molecule has 7 nitrogen and oxygen atoms in total. The molecule has 3 N–H and O–H groups in total. The summed E-state index contributed by atoms with van der Waals surface area (Å²) in [4.78, 5) is 36.2. The second-order valence-corrected chi connectivity index (χ2v) is 14.5. The maximum absolute atomic E-state index is 12.6. The Hall–Kier alpha value is -2.01. The SMILES string of the molecule is CCCC(=O)N[C@@H](CCCCNC(=O)OC(C)(C)C)C(=O)NCCCC#C[Si](C)(C)C. The lowest BCUT2D eigenvalue weighted by molar-refractivity contribution is -0.129. The molecule has 8 heteroatoms. The second kappa shape index (κ2) is 14.9. The van der Waals surface area contributed by atoms with Crippen LogP contribution in [0.15, 0.2) is 0 Å². The Morgan fingerprint density at radius 2 is 1.65 bits per heavy atom. The molecule has 0 aliphatic carbocycles. The topological polar surface area (TPSA) is 96.5 Å². The van der Waals surface area contributed by atoms with Gasteiger partial charge >= 0.3 is 6.09 Å². The molecule has 0 aromatic rings. The average Bonchev–Trinajstić information content (AvgIpc) is 2.61. The third-order valence-corrected chi connectivity index (χ3v) is 4.88. The molecule has 0 aliphatic heterocycles. The van der Waals surface area contributed by atoms with Crippen LogP contribution >= 0.6 is 0 Å². The molecule has 0 rings (SSSR count). The number of nitrogens with one attached hydrogen (secondary N) is 3. The van der Waals surface area contributed by atoms with E-state index in [-0.39, 0.29) is 11.8 Å². The summed E-state index contributed by atoms with van der Waals surface area (Å²) < 4.78 is 5.20. The van der Waals surface area contributed by atoms with Crippen LogP contribution in [0, 0.1) is 11.5 Å². The van der Waals surface area contributed by atoms with Gasteiger partial charge in [-0.3, -0.25) is 9.59 Å². The van der Waals surface area contributed by atoms with E-state index in [1.165, 1.54) is 0 Å². The van der Waals surface area contributed by atoms with E-state index in [4.69, 9.17) is 4.74 Å². The molecule has 0 saturated heterocycles. The molecule has 0 unspecified atom stereocenters. The highest BCUT2D eigenvalue weighted by molar-refractivity contribution is 6.83. The molecule has 0 spiro atoms. The molecule has 3 amide bonds. The zero-order chi connectivity index (χ0) is 23.9. The molecule has 0 radical (unpaired) electrons. The fraction of sp³-hybridized carbons (Fsp3) is 0.783. The van der Waals surface area contributed by atoms with Crippen molar-refractivity contribution in [3.05, 3.63) is 0 Å². The molecule has 0 saturated carbocycles. The van der Waals surface area contributed by atoms with Gasteiger partial charge in [0.2, 0.25) is 11.8 Å². The maximum Gasteiger partial charge on any atom is 0.407 e. The van der Waals surface area contributed by atoms with Crippen molar-refractivity contribution >= 4 is 26.0 Å². The van der Waals surface area contributed by atoms with Crippen LogP contribution in [0.3, 0.4) is 0 Å². The third-order valence-electron chi connectivity index (χ3n) is 3.96. The monoisotopic (exact) mass is 453 g/mol. The van der Waals surface area contributed by atoms with Crippen molar-refractivity contribution in [2.75, 3.05) is 13.1 Å². The normalized spacial score (nSPS) is 12.2. The number of unbranched alkanes of at least 4 members (excludes halogenated alkanes) is 2. The summed E-state index contributed by atoms with van der Waals surface area (Å²) in [6, 6.07) is -0.561. The zero-order valence-electron chi connectivity index (χ0n) is 20.6. The van der Waals surface area contributed by atoms with Crippen LogP contribution in [0.5, 0.6) is 0 Å². The van der Waals surface area contributed by atoms with Gasteiger partial charge < -0.3 is 20.7 Å². The number of hydrogen-bond donors (Lipinski definition) is 3. The van der Waals surface area contributed by atoms with E-state index in [1.54, 1.807) is 0 Å². The van der Waals surface area contributed by atoms with E-state index in [0.29, 0.717) is 38.8 Å². The van der Waals surface area contributed by atoms with Crippen molar-refractivity contribution in [2.45, 2.75) is 104 Å². The molecule has 0 aromatic carbocycles. The van der Waals surface area contributed by atoms with Crippen LogP contribution in [-0.2, 0) is 14.3 Å². The average molecular weight is 454 g/mol. The van der Waals surface area contributed by atoms with Gasteiger partial charge in [-0.15, -0.1) is 11.5 Å². The van der Waals surface area contributed by atoms with Crippen molar-refractivity contribution in [1.82, 2.24) is 16.0 Å². The van der Waals surface area contributed by atoms with E-state index in [1.807, 2.05) is 27.7 Å². The quantitative estimate of drug-likeness (QED) is 0.238. The lowest BCUT2D eigenvalue weighted by Crippen LogP contribution is -2.47. The van der Waals surface area contributed by atoms with E-state index < -0.39 is 25.8 Å². The summed E-state index contributed by atoms with van der Waals surface area (Å²) in [5.41, 5.74) is 2.78. The summed E-state index contributed by atoms with van der Waals surface area (Å²) in [6.45, 7) is 15.0. The number of ether oxygens (including phenoxy) is 1. The summed E-state index contributed by atoms with van der Waals surface area (Å²) >= 11 is 0. The van der Waals surface area contributed by atoms with E-state index in [9.17, 15) is 14.4 Å². The zero-order valence-corrected chi connectivity index (χ0v) is 21.6. The Morgan fingerprint density at radius 3 is 2.23 bits per heavy atom. The molecule has 0 aromatic heterocycles. The lowest BCUT2D eigenvalue weighted by atomic mass is 10.1. The number of carbonyl (C=O) groups is 3. The van der Waals surface area contributed by atoms with Crippen molar-refractivity contribution in [2.24, 2.45) is 0 Å². The predicted octanol–water partition coefficient (Wildman–Crippen LogP) is 3.74. The van der Waals surface area contributed by atoms with Gasteiger partial charge in [-0.25, -0.2) is 4.79 Å². The fourth-order valence-electron chi connectivity index (χ4n) is 2.58. The number of amides is 3. The number of carbonyl (C=O) groups excluding carboxylic acids is 3. The highest BCUT2D eigenvalue weighted by Gasteiger charge is 2.20. The summed E-state index contributed by atoms with van der Waals surface area (Å²) in [5.74, 6) is 2.92. The van der Waals surface area contributed by atoms with Gasteiger partial charge in [0, 0.05) is 25.9 Å². The van der Waals surface area contributed by atoms with Crippen LogP contribution < -0.4 is 16.0 Å². The predicted molar refractivity (Wildman–Crippen MR) is 128 cm³/mol. The Labute approximate surface area is 189 Å². The molecule has 31 heavy (non-hydrogen) atoms. The van der Waals surface area contributed by atoms with E-state index >= 15 is 0 Å². The summed E-state index contributed by atoms with van der Waals surface area (Å²) in [7, 11) is -1.35. The first-order chi connectivity index (χ1) is 14.3. The van der Waals surface area contributed by atoms with Crippen LogP contribution in [0.4, 0.5) is 4.79 Å². The van der Waals surface area contributed by atoms with Crippen LogP contribution in [0.1, 0.15) is 72.6 Å². The third kappa shape index (κ3) is 18.5. The minimum absolute atomic E-state index is 0.115. The van der Waals surface area contributed by atoms with Gasteiger partial charge in [0.25, 0.3) is 0 Å². The number of rotatable bonds is 12. The second-order valence-electron chi connectivity index (χ2n) is 9.74. The van der Waals surface area contributed by atoms with Gasteiger partial charge in [0.05, 0.1) is 0 Å². The first-order valence-corrected chi connectivity index (χ1v) is 14.9.